The van der Waals surface area contributed by atoms with Gasteiger partial charge in [-0.25, -0.2) is 0 Å². The molecule has 1 aliphatic rings. The number of carbonyl (C=O) groups excluding carboxylic acids is 1. The van der Waals surface area contributed by atoms with E-state index in [1.54, 1.807) is 0 Å². The minimum atomic E-state index is 0.107. The van der Waals surface area contributed by atoms with Crippen molar-refractivity contribution in [1.82, 2.24) is 20.4 Å². The summed E-state index contributed by atoms with van der Waals surface area (Å²) < 4.78 is 5.22. The van der Waals surface area contributed by atoms with E-state index in [1.807, 2.05) is 25.3 Å². The van der Waals surface area contributed by atoms with Gasteiger partial charge in [0.1, 0.15) is 0 Å². The number of nitrogens with zero attached hydrogens (tertiary/aromatic N) is 3. The number of nitrogens with one attached hydrogen (secondary N) is 2. The number of para-hydroxylation sites is 1. The van der Waals surface area contributed by atoms with Crippen LogP contribution < -0.4 is 10.2 Å². The normalized spacial score (nSPS) is 17.2. The van der Waals surface area contributed by atoms with Gasteiger partial charge in [0.05, 0.1) is 0 Å². The Hall–Kier alpha value is -2.83. The van der Waals surface area contributed by atoms with Gasteiger partial charge in [-0.05, 0) is 42.0 Å². The van der Waals surface area contributed by atoms with E-state index in [4.69, 9.17) is 4.52 Å². The highest BCUT2D eigenvalue weighted by Crippen LogP contribution is 2.21. The number of carbonyl (C=O) groups is 1. The first kappa shape index (κ1) is 18.5. The second-order valence-electron chi connectivity index (χ2n) is 7.46. The van der Waals surface area contributed by atoms with Crippen LogP contribution in [0.1, 0.15) is 37.6 Å². The molecule has 0 bridgehead atoms. The van der Waals surface area contributed by atoms with Gasteiger partial charge >= 0.3 is 0 Å². The van der Waals surface area contributed by atoms with Crippen LogP contribution >= 0.6 is 0 Å². The van der Waals surface area contributed by atoms with E-state index in [0.717, 1.165) is 44.3 Å². The molecule has 0 spiro atoms. The lowest BCUT2D eigenvalue weighted by Crippen LogP contribution is -2.41. The number of benzene rings is 1. The number of hydrogen-bond donors (Lipinski definition) is 2. The number of aromatic amines is 1. The molecule has 3 aromatic rings. The molecule has 7 heteroatoms. The Morgan fingerprint density at radius 3 is 3.14 bits per heavy atom. The lowest BCUT2D eigenvalue weighted by atomic mass is 9.98. The molecule has 3 heterocycles. The number of rotatable bonds is 7. The maximum absolute atomic E-state index is 12.3. The monoisotopic (exact) mass is 381 g/mol. The van der Waals surface area contributed by atoms with Crippen molar-refractivity contribution in [3.05, 3.63) is 41.9 Å². The average Bonchev–Trinajstić information content (AvgIpc) is 3.38. The van der Waals surface area contributed by atoms with Gasteiger partial charge in [0.25, 0.3) is 5.95 Å². The minimum absolute atomic E-state index is 0.107. The summed E-state index contributed by atoms with van der Waals surface area (Å²) in [4.78, 5) is 22.2. The molecule has 4 rings (SSSR count). The second-order valence-corrected chi connectivity index (χ2v) is 7.46. The van der Waals surface area contributed by atoms with Crippen molar-refractivity contribution in [2.45, 2.75) is 39.0 Å². The Kier molecular flexibility index (Phi) is 5.60. The summed E-state index contributed by atoms with van der Waals surface area (Å²) in [5.41, 5.74) is 2.31. The quantitative estimate of drug-likeness (QED) is 0.657. The smallest absolute Gasteiger partial charge is 0.266 e. The lowest BCUT2D eigenvalue weighted by molar-refractivity contribution is -0.121. The highest BCUT2D eigenvalue weighted by Gasteiger charge is 2.23. The van der Waals surface area contributed by atoms with Crippen molar-refractivity contribution in [1.29, 1.82) is 0 Å². The molecule has 2 N–H and O–H groups in total. The van der Waals surface area contributed by atoms with Crippen LogP contribution in [0, 0.1) is 5.92 Å². The summed E-state index contributed by atoms with van der Waals surface area (Å²) in [6.45, 7) is 4.49. The summed E-state index contributed by atoms with van der Waals surface area (Å²) in [7, 11) is 0. The predicted molar refractivity (Wildman–Crippen MR) is 108 cm³/mol. The van der Waals surface area contributed by atoms with Crippen molar-refractivity contribution in [2.75, 3.05) is 24.5 Å². The van der Waals surface area contributed by atoms with Gasteiger partial charge in [-0.15, -0.1) is 0 Å². The van der Waals surface area contributed by atoms with Crippen molar-refractivity contribution in [3.63, 3.8) is 0 Å². The second kappa shape index (κ2) is 8.46. The van der Waals surface area contributed by atoms with Crippen LogP contribution in [0.3, 0.4) is 0 Å². The number of hydrogen-bond acceptors (Lipinski definition) is 5. The minimum Gasteiger partial charge on any atom is -0.361 e. The van der Waals surface area contributed by atoms with E-state index in [0.29, 0.717) is 30.7 Å². The first-order valence-corrected chi connectivity index (χ1v) is 10.1. The molecule has 0 radical (unpaired) electrons. The van der Waals surface area contributed by atoms with Crippen molar-refractivity contribution in [3.8, 4) is 0 Å². The summed E-state index contributed by atoms with van der Waals surface area (Å²) in [5, 5.41) is 8.38. The van der Waals surface area contributed by atoms with Crippen molar-refractivity contribution < 1.29 is 9.32 Å². The molecule has 0 aliphatic carbocycles. The summed E-state index contributed by atoms with van der Waals surface area (Å²) >= 11 is 0. The van der Waals surface area contributed by atoms with E-state index >= 15 is 0 Å². The number of H-pyrrole nitrogens is 1. The van der Waals surface area contributed by atoms with E-state index in [9.17, 15) is 4.79 Å². The van der Waals surface area contributed by atoms with Crippen LogP contribution in [0.25, 0.3) is 10.9 Å². The molecule has 7 nitrogen and oxygen atoms in total. The Bertz CT molecular complexity index is 932. The third kappa shape index (κ3) is 4.18. The Morgan fingerprint density at radius 2 is 2.29 bits per heavy atom. The molecule has 0 saturated carbocycles. The molecule has 1 amide bonds. The van der Waals surface area contributed by atoms with Crippen molar-refractivity contribution in [2.24, 2.45) is 5.92 Å². The SMILES string of the molecule is CCc1nc(N2CCCC(CNC(=O)CCc3c[nH]c4ccccc34)C2)no1. The van der Waals surface area contributed by atoms with Gasteiger partial charge < -0.3 is 19.7 Å². The number of amides is 1. The summed E-state index contributed by atoms with van der Waals surface area (Å²) in [6, 6.07) is 8.20. The first-order chi connectivity index (χ1) is 13.7. The molecule has 1 fully saturated rings. The van der Waals surface area contributed by atoms with E-state index < -0.39 is 0 Å². The zero-order valence-electron chi connectivity index (χ0n) is 16.3. The lowest BCUT2D eigenvalue weighted by Gasteiger charge is -2.31. The van der Waals surface area contributed by atoms with Crippen LogP contribution in [0.2, 0.25) is 0 Å². The zero-order chi connectivity index (χ0) is 19.3. The molecule has 1 aliphatic heterocycles. The third-order valence-electron chi connectivity index (χ3n) is 5.45. The zero-order valence-corrected chi connectivity index (χ0v) is 16.3. The van der Waals surface area contributed by atoms with E-state index in [2.05, 4.69) is 37.5 Å². The fraction of sp³-hybridized carbons (Fsp3) is 0.476. The molecule has 2 aromatic heterocycles. The van der Waals surface area contributed by atoms with Crippen LogP contribution in [-0.2, 0) is 17.6 Å². The number of fused-ring (bicyclic) bond motifs is 1. The Morgan fingerprint density at radius 1 is 1.39 bits per heavy atom. The fourth-order valence-electron chi connectivity index (χ4n) is 3.86. The van der Waals surface area contributed by atoms with E-state index in [1.165, 1.54) is 10.9 Å². The molecule has 1 atom stereocenters. The first-order valence-electron chi connectivity index (χ1n) is 10.1. The van der Waals surface area contributed by atoms with Gasteiger partial charge in [-0.3, -0.25) is 4.79 Å². The maximum Gasteiger partial charge on any atom is 0.266 e. The van der Waals surface area contributed by atoms with Gasteiger partial charge in [-0.2, -0.15) is 4.98 Å². The molecular weight excluding hydrogens is 354 g/mol. The van der Waals surface area contributed by atoms with Gasteiger partial charge in [0.15, 0.2) is 0 Å². The maximum atomic E-state index is 12.3. The average molecular weight is 381 g/mol. The molecular formula is C21H27N5O2. The predicted octanol–water partition coefficient (Wildman–Crippen LogP) is 3.08. The highest BCUT2D eigenvalue weighted by molar-refractivity contribution is 5.84. The molecule has 1 aromatic carbocycles. The van der Waals surface area contributed by atoms with Crippen LogP contribution in [0.4, 0.5) is 5.95 Å². The Balaban J connectivity index is 1.25. The standard InChI is InChI=1S/C21H27N5O2/c1-2-20-24-21(25-28-20)26-11-5-6-15(14-26)12-23-19(27)10-9-16-13-22-18-8-4-3-7-17(16)18/h3-4,7-8,13,15,22H,2,5-6,9-12,14H2,1H3,(H,23,27). The Labute approximate surface area is 164 Å². The third-order valence-corrected chi connectivity index (χ3v) is 5.45. The van der Waals surface area contributed by atoms with Gasteiger partial charge in [0.2, 0.25) is 11.8 Å². The summed E-state index contributed by atoms with van der Waals surface area (Å²) in [6.07, 6.45) is 6.19. The topological polar surface area (TPSA) is 87.0 Å². The number of aromatic nitrogens is 3. The largest absolute Gasteiger partial charge is 0.361 e. The van der Waals surface area contributed by atoms with Gasteiger partial charge in [-0.1, -0.05) is 25.1 Å². The molecule has 1 unspecified atom stereocenters. The highest BCUT2D eigenvalue weighted by atomic mass is 16.5. The number of piperidine rings is 1. The van der Waals surface area contributed by atoms with Crippen LogP contribution in [-0.4, -0.2) is 40.7 Å². The van der Waals surface area contributed by atoms with E-state index in [-0.39, 0.29) is 5.91 Å². The number of anilines is 1. The fourth-order valence-corrected chi connectivity index (χ4v) is 3.86. The molecule has 1 saturated heterocycles. The molecule has 28 heavy (non-hydrogen) atoms. The summed E-state index contributed by atoms with van der Waals surface area (Å²) in [5.74, 6) is 1.86. The van der Waals surface area contributed by atoms with Crippen LogP contribution in [0.15, 0.2) is 35.0 Å². The van der Waals surface area contributed by atoms with Crippen LogP contribution in [0.5, 0.6) is 0 Å². The van der Waals surface area contributed by atoms with Gasteiger partial charge in [0, 0.05) is 49.6 Å². The van der Waals surface area contributed by atoms with Crippen molar-refractivity contribution >= 4 is 22.8 Å². The number of aryl methyl sites for hydroxylation is 2. The molecule has 148 valence electrons.